The fourth-order valence-corrected chi connectivity index (χ4v) is 3.75. The molecule has 0 aliphatic heterocycles. The van der Waals surface area contributed by atoms with Crippen molar-refractivity contribution < 1.29 is 5.11 Å². The van der Waals surface area contributed by atoms with E-state index in [-0.39, 0.29) is 21.2 Å². The third-order valence-corrected chi connectivity index (χ3v) is 6.43. The van der Waals surface area contributed by atoms with Gasteiger partial charge in [0.1, 0.15) is 5.02 Å². The summed E-state index contributed by atoms with van der Waals surface area (Å²) in [5.41, 5.74) is 0.194. The van der Waals surface area contributed by atoms with Crippen LogP contribution in [0.5, 0.6) is 5.75 Å². The maximum atomic E-state index is 9.61. The largest absolute Gasteiger partial charge is 0.505 e. The van der Waals surface area contributed by atoms with Crippen LogP contribution in [0.1, 0.15) is 34.1 Å². The molecule has 1 aromatic rings. The smallest absolute Gasteiger partial charge is 0.154 e. The van der Waals surface area contributed by atoms with Gasteiger partial charge in [-0.2, -0.15) is 0 Å². The Bertz CT molecular complexity index is 460. The number of rotatable bonds is 5. The summed E-state index contributed by atoms with van der Waals surface area (Å²) < 4.78 is 0. The lowest BCUT2D eigenvalue weighted by molar-refractivity contribution is 0.262. The van der Waals surface area contributed by atoms with Crippen LogP contribution in [0, 0.1) is 11.3 Å². The Hall–Kier alpha value is 0.240. The summed E-state index contributed by atoms with van der Waals surface area (Å²) >= 11 is 19.6. The highest BCUT2D eigenvalue weighted by Gasteiger charge is 2.25. The molecule has 1 rings (SSSR count). The first-order valence-corrected chi connectivity index (χ1v) is 8.32. The molecule has 0 heterocycles. The molecular formula is C14H19Cl3OS. The summed E-state index contributed by atoms with van der Waals surface area (Å²) in [6.07, 6.45) is 1.14. The van der Waals surface area contributed by atoms with E-state index >= 15 is 0 Å². The molecule has 1 nitrogen and oxygen atoms in total. The van der Waals surface area contributed by atoms with Gasteiger partial charge in [0.15, 0.2) is 5.75 Å². The number of thioether (sulfide) groups is 1. The van der Waals surface area contributed by atoms with Gasteiger partial charge in [-0.15, -0.1) is 11.8 Å². The van der Waals surface area contributed by atoms with Gasteiger partial charge in [-0.1, -0.05) is 68.9 Å². The van der Waals surface area contributed by atoms with Crippen molar-refractivity contribution >= 4 is 46.6 Å². The van der Waals surface area contributed by atoms with Crippen molar-refractivity contribution in [1.29, 1.82) is 0 Å². The SMILES string of the molecule is CCC(C)C(C)(C)CSc1cc(Cl)c(O)c(Cl)c1Cl. The van der Waals surface area contributed by atoms with Crippen molar-refractivity contribution in [1.82, 2.24) is 0 Å². The Morgan fingerprint density at radius 3 is 2.37 bits per heavy atom. The molecule has 0 aliphatic rings. The van der Waals surface area contributed by atoms with Crippen molar-refractivity contribution in [2.45, 2.75) is 39.0 Å². The van der Waals surface area contributed by atoms with E-state index in [2.05, 4.69) is 27.7 Å². The van der Waals surface area contributed by atoms with Crippen molar-refractivity contribution in [3.05, 3.63) is 21.1 Å². The second-order valence-electron chi connectivity index (χ2n) is 5.42. The van der Waals surface area contributed by atoms with Gasteiger partial charge in [-0.25, -0.2) is 0 Å². The number of aromatic hydroxyl groups is 1. The van der Waals surface area contributed by atoms with E-state index in [1.54, 1.807) is 17.8 Å². The lowest BCUT2D eigenvalue weighted by Gasteiger charge is -2.31. The molecule has 0 radical (unpaired) electrons. The monoisotopic (exact) mass is 340 g/mol. The average Bonchev–Trinajstić information content (AvgIpc) is 2.37. The highest BCUT2D eigenvalue weighted by Crippen LogP contribution is 2.45. The molecule has 1 aromatic carbocycles. The molecule has 0 aromatic heterocycles. The van der Waals surface area contributed by atoms with Gasteiger partial charge in [0, 0.05) is 10.6 Å². The van der Waals surface area contributed by atoms with E-state index in [9.17, 15) is 5.11 Å². The fourth-order valence-electron chi connectivity index (χ4n) is 1.63. The quantitative estimate of drug-likeness (QED) is 0.486. The number of benzene rings is 1. The van der Waals surface area contributed by atoms with E-state index in [1.165, 1.54) is 0 Å². The third-order valence-electron chi connectivity index (χ3n) is 3.65. The molecule has 1 atom stereocenters. The van der Waals surface area contributed by atoms with Gasteiger partial charge in [0.05, 0.1) is 10.0 Å². The van der Waals surface area contributed by atoms with Crippen LogP contribution in [0.3, 0.4) is 0 Å². The second kappa shape index (κ2) is 6.80. The highest BCUT2D eigenvalue weighted by atomic mass is 35.5. The zero-order valence-electron chi connectivity index (χ0n) is 11.6. The molecule has 19 heavy (non-hydrogen) atoms. The van der Waals surface area contributed by atoms with E-state index in [1.807, 2.05) is 0 Å². The summed E-state index contributed by atoms with van der Waals surface area (Å²) in [6, 6.07) is 1.67. The average molecular weight is 342 g/mol. The van der Waals surface area contributed by atoms with E-state index in [0.717, 1.165) is 17.1 Å². The summed E-state index contributed by atoms with van der Waals surface area (Å²) in [5, 5.41) is 10.3. The van der Waals surface area contributed by atoms with Crippen molar-refractivity contribution in [2.24, 2.45) is 11.3 Å². The van der Waals surface area contributed by atoms with Crippen LogP contribution in [-0.2, 0) is 0 Å². The molecule has 0 bridgehead atoms. The molecule has 0 amide bonds. The van der Waals surface area contributed by atoms with Crippen LogP contribution in [0.15, 0.2) is 11.0 Å². The highest BCUT2D eigenvalue weighted by molar-refractivity contribution is 7.99. The van der Waals surface area contributed by atoms with Gasteiger partial charge in [-0.05, 0) is 17.4 Å². The zero-order valence-corrected chi connectivity index (χ0v) is 14.6. The predicted octanol–water partition coefficient (Wildman–Crippen LogP) is 6.52. The zero-order chi connectivity index (χ0) is 14.8. The van der Waals surface area contributed by atoms with Crippen LogP contribution in [-0.4, -0.2) is 10.9 Å². The Balaban J connectivity index is 2.90. The molecule has 0 fully saturated rings. The number of phenolic OH excluding ortho intramolecular Hbond substituents is 1. The third kappa shape index (κ3) is 4.10. The lowest BCUT2D eigenvalue weighted by atomic mass is 9.80. The van der Waals surface area contributed by atoms with Crippen LogP contribution < -0.4 is 0 Å². The van der Waals surface area contributed by atoms with E-state index < -0.39 is 0 Å². The molecule has 0 aliphatic carbocycles. The maximum absolute atomic E-state index is 9.61. The van der Waals surface area contributed by atoms with Crippen molar-refractivity contribution in [3.8, 4) is 5.75 Å². The van der Waals surface area contributed by atoms with Gasteiger partial charge >= 0.3 is 0 Å². The molecule has 0 saturated carbocycles. The van der Waals surface area contributed by atoms with Gasteiger partial charge < -0.3 is 5.11 Å². The second-order valence-corrected chi connectivity index (χ2v) is 7.60. The van der Waals surface area contributed by atoms with Crippen LogP contribution in [0.2, 0.25) is 15.1 Å². The Labute approximate surface area is 134 Å². The summed E-state index contributed by atoms with van der Waals surface area (Å²) in [5.74, 6) is 1.37. The molecular weight excluding hydrogens is 323 g/mol. The molecule has 0 spiro atoms. The number of halogens is 3. The maximum Gasteiger partial charge on any atom is 0.154 e. The lowest BCUT2D eigenvalue weighted by Crippen LogP contribution is -2.23. The molecule has 5 heteroatoms. The summed E-state index contributed by atoms with van der Waals surface area (Å²) in [7, 11) is 0. The predicted molar refractivity (Wildman–Crippen MR) is 87.1 cm³/mol. The Morgan fingerprint density at radius 2 is 1.84 bits per heavy atom. The summed E-state index contributed by atoms with van der Waals surface area (Å²) in [6.45, 7) is 8.93. The van der Waals surface area contributed by atoms with Crippen LogP contribution in [0.25, 0.3) is 0 Å². The van der Waals surface area contributed by atoms with Crippen molar-refractivity contribution in [3.63, 3.8) is 0 Å². The van der Waals surface area contributed by atoms with Gasteiger partial charge in [0.25, 0.3) is 0 Å². The van der Waals surface area contributed by atoms with Gasteiger partial charge in [-0.3, -0.25) is 0 Å². The standard InChI is InChI=1S/C14H19Cl3OS/c1-5-8(2)14(3,4)7-19-10-6-9(15)13(18)12(17)11(10)16/h6,8,18H,5,7H2,1-4H3. The first-order valence-electron chi connectivity index (χ1n) is 6.20. The van der Waals surface area contributed by atoms with Crippen LogP contribution >= 0.6 is 46.6 Å². The molecule has 108 valence electrons. The number of hydrogen-bond donors (Lipinski definition) is 1. The fraction of sp³-hybridized carbons (Fsp3) is 0.571. The van der Waals surface area contributed by atoms with Crippen molar-refractivity contribution in [2.75, 3.05) is 5.75 Å². The van der Waals surface area contributed by atoms with E-state index in [0.29, 0.717) is 10.9 Å². The van der Waals surface area contributed by atoms with Gasteiger partial charge in [0.2, 0.25) is 0 Å². The first-order chi connectivity index (χ1) is 8.70. The Morgan fingerprint density at radius 1 is 1.26 bits per heavy atom. The Kier molecular flexibility index (Phi) is 6.19. The molecule has 1 unspecified atom stereocenters. The normalized spacial score (nSPS) is 13.6. The topological polar surface area (TPSA) is 20.2 Å². The minimum atomic E-state index is -0.154. The molecule has 0 saturated heterocycles. The van der Waals surface area contributed by atoms with Crippen LogP contribution in [0.4, 0.5) is 0 Å². The number of hydrogen-bond acceptors (Lipinski definition) is 2. The molecule has 1 N–H and O–H groups in total. The minimum absolute atomic E-state index is 0.123. The first kappa shape index (κ1) is 17.3. The minimum Gasteiger partial charge on any atom is -0.505 e. The number of phenols is 1. The van der Waals surface area contributed by atoms with E-state index in [4.69, 9.17) is 34.8 Å². The summed E-state index contributed by atoms with van der Waals surface area (Å²) in [4.78, 5) is 0.811.